The molecule has 0 amide bonds. The number of thiophene rings is 1. The minimum Gasteiger partial charge on any atom is -0.377 e. The molecule has 3 rings (SSSR count). The maximum absolute atomic E-state index is 4.08. The largest absolute Gasteiger partial charge is 0.377 e. The summed E-state index contributed by atoms with van der Waals surface area (Å²) in [5.41, 5.74) is 3.41. The van der Waals surface area contributed by atoms with E-state index in [9.17, 15) is 0 Å². The summed E-state index contributed by atoms with van der Waals surface area (Å²) in [7, 11) is 0. The Morgan fingerprint density at radius 1 is 1.24 bits per heavy atom. The van der Waals surface area contributed by atoms with Crippen LogP contribution in [0.3, 0.4) is 0 Å². The Morgan fingerprint density at radius 3 is 2.71 bits per heavy atom. The Labute approximate surface area is 128 Å². The van der Waals surface area contributed by atoms with Crippen molar-refractivity contribution in [2.45, 2.75) is 26.8 Å². The summed E-state index contributed by atoms with van der Waals surface area (Å²) in [6.07, 6.45) is 3.54. The van der Waals surface area contributed by atoms with E-state index in [1.807, 2.05) is 35.7 Å². The third-order valence-electron chi connectivity index (χ3n) is 3.49. The second kappa shape index (κ2) is 5.69. The molecule has 21 heavy (non-hydrogen) atoms. The van der Waals surface area contributed by atoms with E-state index in [1.165, 1.54) is 15.3 Å². The number of hydrogen-bond donors (Lipinski definition) is 1. The van der Waals surface area contributed by atoms with E-state index in [-0.39, 0.29) is 6.04 Å². The number of anilines is 1. The van der Waals surface area contributed by atoms with Crippen molar-refractivity contribution in [2.75, 3.05) is 5.32 Å². The van der Waals surface area contributed by atoms with E-state index in [4.69, 9.17) is 0 Å². The summed E-state index contributed by atoms with van der Waals surface area (Å²) in [6.45, 7) is 6.51. The highest BCUT2D eigenvalue weighted by Gasteiger charge is 2.13. The van der Waals surface area contributed by atoms with Gasteiger partial charge in [-0.3, -0.25) is 0 Å². The number of aromatic nitrogens is 3. The topological polar surface area (TPSA) is 42.7 Å². The van der Waals surface area contributed by atoms with Crippen LogP contribution in [0.1, 0.15) is 28.3 Å². The fraction of sp³-hybridized carbons (Fsp3) is 0.250. The first-order valence-electron chi connectivity index (χ1n) is 6.94. The summed E-state index contributed by atoms with van der Waals surface area (Å²) >= 11 is 1.84. The summed E-state index contributed by atoms with van der Waals surface area (Å²) in [6, 6.07) is 10.7. The molecule has 1 atom stereocenters. The molecule has 0 bridgehead atoms. The average molecular weight is 298 g/mol. The molecule has 3 aromatic rings. The van der Waals surface area contributed by atoms with Crippen molar-refractivity contribution in [3.05, 3.63) is 58.0 Å². The first-order valence-corrected chi connectivity index (χ1v) is 7.76. The van der Waals surface area contributed by atoms with Crippen LogP contribution >= 0.6 is 11.3 Å². The summed E-state index contributed by atoms with van der Waals surface area (Å²) in [4.78, 5) is 2.71. The number of benzene rings is 1. The minimum atomic E-state index is 0.250. The Kier molecular flexibility index (Phi) is 3.75. The molecule has 0 aliphatic heterocycles. The van der Waals surface area contributed by atoms with Gasteiger partial charge in [-0.05, 0) is 44.5 Å². The summed E-state index contributed by atoms with van der Waals surface area (Å²) in [5.74, 6) is 0. The molecular formula is C16H18N4S. The van der Waals surface area contributed by atoms with Gasteiger partial charge in [0.15, 0.2) is 0 Å². The van der Waals surface area contributed by atoms with E-state index < -0.39 is 0 Å². The molecule has 0 saturated heterocycles. The maximum Gasteiger partial charge on any atom is 0.0894 e. The smallest absolute Gasteiger partial charge is 0.0894 e. The fourth-order valence-corrected chi connectivity index (χ4v) is 3.55. The molecule has 0 saturated carbocycles. The Bertz CT molecular complexity index is 731. The molecule has 1 aromatic carbocycles. The first-order chi connectivity index (χ1) is 10.1. The highest BCUT2D eigenvalue weighted by molar-refractivity contribution is 7.12. The molecule has 108 valence electrons. The number of hydrogen-bond acceptors (Lipinski definition) is 4. The van der Waals surface area contributed by atoms with Crippen LogP contribution in [0.5, 0.6) is 0 Å². The van der Waals surface area contributed by atoms with Crippen molar-refractivity contribution in [2.24, 2.45) is 0 Å². The Balaban J connectivity index is 1.90. The second-order valence-electron chi connectivity index (χ2n) is 5.10. The van der Waals surface area contributed by atoms with Crippen molar-refractivity contribution in [1.82, 2.24) is 15.0 Å². The average Bonchev–Trinajstić information content (AvgIpc) is 3.09. The zero-order valence-electron chi connectivity index (χ0n) is 12.4. The number of para-hydroxylation sites is 2. The van der Waals surface area contributed by atoms with Crippen LogP contribution in [0, 0.1) is 13.8 Å². The van der Waals surface area contributed by atoms with Gasteiger partial charge in [0.2, 0.25) is 0 Å². The molecule has 0 radical (unpaired) electrons. The SMILES string of the molecule is Cc1cc(C(C)Nc2ccccc2-n2ccnn2)c(C)s1. The van der Waals surface area contributed by atoms with Crippen LogP contribution in [0.15, 0.2) is 42.7 Å². The minimum absolute atomic E-state index is 0.250. The van der Waals surface area contributed by atoms with Crippen LogP contribution in [0.4, 0.5) is 5.69 Å². The lowest BCUT2D eigenvalue weighted by atomic mass is 10.1. The molecule has 5 heteroatoms. The number of aryl methyl sites for hydroxylation is 2. The lowest BCUT2D eigenvalue weighted by Gasteiger charge is -2.18. The van der Waals surface area contributed by atoms with Gasteiger partial charge < -0.3 is 5.32 Å². The molecule has 0 fully saturated rings. The molecule has 0 aliphatic carbocycles. The maximum atomic E-state index is 4.08. The first kappa shape index (κ1) is 13.8. The standard InChI is InChI=1S/C16H18N4S/c1-11-10-14(13(3)21-11)12(2)18-15-6-4-5-7-16(15)20-9-8-17-19-20/h4-10,12,18H,1-3H3. The van der Waals surface area contributed by atoms with Gasteiger partial charge in [-0.2, -0.15) is 0 Å². The van der Waals surface area contributed by atoms with Gasteiger partial charge in [0.05, 0.1) is 23.8 Å². The van der Waals surface area contributed by atoms with E-state index in [0.29, 0.717) is 0 Å². The van der Waals surface area contributed by atoms with Gasteiger partial charge in [0.25, 0.3) is 0 Å². The van der Waals surface area contributed by atoms with E-state index in [0.717, 1.165) is 11.4 Å². The normalized spacial score (nSPS) is 12.3. The Hall–Kier alpha value is -2.14. The Morgan fingerprint density at radius 2 is 2.05 bits per heavy atom. The second-order valence-corrected chi connectivity index (χ2v) is 6.56. The molecule has 0 spiro atoms. The zero-order chi connectivity index (χ0) is 14.8. The van der Waals surface area contributed by atoms with Gasteiger partial charge in [-0.1, -0.05) is 17.3 Å². The molecule has 1 N–H and O–H groups in total. The van der Waals surface area contributed by atoms with E-state index >= 15 is 0 Å². The lowest BCUT2D eigenvalue weighted by molar-refractivity contribution is 0.797. The number of rotatable bonds is 4. The summed E-state index contributed by atoms with van der Waals surface area (Å²) < 4.78 is 1.78. The molecule has 1 unspecified atom stereocenters. The molecule has 2 heterocycles. The van der Waals surface area contributed by atoms with Crippen molar-refractivity contribution in [3.63, 3.8) is 0 Å². The quantitative estimate of drug-likeness (QED) is 0.788. The van der Waals surface area contributed by atoms with E-state index in [2.05, 4.69) is 48.5 Å². The molecule has 4 nitrogen and oxygen atoms in total. The van der Waals surface area contributed by atoms with E-state index in [1.54, 1.807) is 10.9 Å². The van der Waals surface area contributed by atoms with Crippen molar-refractivity contribution < 1.29 is 0 Å². The highest BCUT2D eigenvalue weighted by atomic mass is 32.1. The van der Waals surface area contributed by atoms with Crippen LogP contribution in [-0.4, -0.2) is 15.0 Å². The third kappa shape index (κ3) is 2.83. The zero-order valence-corrected chi connectivity index (χ0v) is 13.2. The van der Waals surface area contributed by atoms with Gasteiger partial charge in [0.1, 0.15) is 0 Å². The van der Waals surface area contributed by atoms with Gasteiger partial charge in [0, 0.05) is 15.8 Å². The summed E-state index contributed by atoms with van der Waals surface area (Å²) in [5, 5.41) is 11.5. The predicted octanol–water partition coefficient (Wildman–Crippen LogP) is 4.12. The van der Waals surface area contributed by atoms with Gasteiger partial charge in [-0.25, -0.2) is 4.68 Å². The van der Waals surface area contributed by atoms with Crippen molar-refractivity contribution in [3.8, 4) is 5.69 Å². The number of nitrogens with one attached hydrogen (secondary N) is 1. The van der Waals surface area contributed by atoms with Crippen molar-refractivity contribution >= 4 is 17.0 Å². The van der Waals surface area contributed by atoms with Crippen LogP contribution in [-0.2, 0) is 0 Å². The van der Waals surface area contributed by atoms with Crippen LogP contribution in [0.2, 0.25) is 0 Å². The number of nitrogens with zero attached hydrogens (tertiary/aromatic N) is 3. The highest BCUT2D eigenvalue weighted by Crippen LogP contribution is 2.30. The molecular weight excluding hydrogens is 280 g/mol. The van der Waals surface area contributed by atoms with Gasteiger partial charge in [-0.15, -0.1) is 16.4 Å². The van der Waals surface area contributed by atoms with Crippen LogP contribution < -0.4 is 5.32 Å². The van der Waals surface area contributed by atoms with Crippen LogP contribution in [0.25, 0.3) is 5.69 Å². The van der Waals surface area contributed by atoms with Crippen molar-refractivity contribution in [1.29, 1.82) is 0 Å². The fourth-order valence-electron chi connectivity index (χ4n) is 2.52. The lowest BCUT2D eigenvalue weighted by Crippen LogP contribution is -2.09. The monoisotopic (exact) mass is 298 g/mol. The molecule has 0 aliphatic rings. The predicted molar refractivity (Wildman–Crippen MR) is 87.2 cm³/mol. The molecule has 2 aromatic heterocycles. The third-order valence-corrected chi connectivity index (χ3v) is 4.47. The van der Waals surface area contributed by atoms with Gasteiger partial charge >= 0.3 is 0 Å².